The minimum absolute atomic E-state index is 0.0117. The van der Waals surface area contributed by atoms with Gasteiger partial charge in [-0.25, -0.2) is 9.59 Å². The van der Waals surface area contributed by atoms with E-state index in [1.54, 1.807) is 13.8 Å². The topological polar surface area (TPSA) is 159 Å². The molecule has 0 rings (SSSR count). The molecule has 10 nitrogen and oxygen atoms in total. The highest BCUT2D eigenvalue weighted by atomic mass is 16.5. The molecular weight excluding hydrogens is 324 g/mol. The zero-order valence-electron chi connectivity index (χ0n) is 13.5. The van der Waals surface area contributed by atoms with Gasteiger partial charge >= 0.3 is 18.0 Å². The number of carbonyl (C=O) groups is 5. The van der Waals surface area contributed by atoms with Crippen LogP contribution in [0.15, 0.2) is 0 Å². The van der Waals surface area contributed by atoms with E-state index in [-0.39, 0.29) is 43.9 Å². The van der Waals surface area contributed by atoms with E-state index in [1.165, 1.54) is 0 Å². The van der Waals surface area contributed by atoms with Crippen molar-refractivity contribution in [1.29, 1.82) is 0 Å². The molecule has 0 aromatic rings. The third kappa shape index (κ3) is 9.38. The van der Waals surface area contributed by atoms with E-state index in [4.69, 9.17) is 10.2 Å². The van der Waals surface area contributed by atoms with Crippen molar-refractivity contribution >= 4 is 30.2 Å². The van der Waals surface area contributed by atoms with Crippen molar-refractivity contribution in [3.8, 4) is 0 Å². The molecule has 0 aliphatic heterocycles. The van der Waals surface area contributed by atoms with Gasteiger partial charge in [-0.05, 0) is 6.42 Å². The maximum Gasteiger partial charge on any atom is 0.326 e. The zero-order valence-corrected chi connectivity index (χ0v) is 13.5. The molecule has 2 atom stereocenters. The predicted molar refractivity (Wildman–Crippen MR) is 80.0 cm³/mol. The van der Waals surface area contributed by atoms with Crippen LogP contribution in [0.25, 0.3) is 0 Å². The van der Waals surface area contributed by atoms with Crippen LogP contribution in [0.1, 0.15) is 39.5 Å². The lowest BCUT2D eigenvalue weighted by atomic mass is 10.0. The largest absolute Gasteiger partial charge is 0.481 e. The summed E-state index contributed by atoms with van der Waals surface area (Å²) in [6.07, 6.45) is -1.84. The van der Waals surface area contributed by atoms with Crippen LogP contribution in [0, 0.1) is 5.92 Å². The Morgan fingerprint density at radius 3 is 2.12 bits per heavy atom. The second-order valence-electron chi connectivity index (χ2n) is 5.32. The van der Waals surface area contributed by atoms with Gasteiger partial charge < -0.3 is 25.6 Å². The maximum absolute atomic E-state index is 11.8. The van der Waals surface area contributed by atoms with Crippen molar-refractivity contribution < 1.29 is 38.9 Å². The Hall–Kier alpha value is -2.65. The quantitative estimate of drug-likeness (QED) is 0.286. The standard InChI is InChI=1S/C14H22N2O8/c1-8(2)10(18)4-3-9(13(21)22)15-14(23)16-11(24-7-17)5-6-12(19)20/h7-9,11H,3-6H2,1-2H3,(H,19,20)(H,21,22)(H2,15,16,23)/t9-,11+/m0/s1. The number of hydrogen-bond donors (Lipinski definition) is 4. The lowest BCUT2D eigenvalue weighted by Gasteiger charge is -2.19. The molecule has 0 aromatic carbocycles. The van der Waals surface area contributed by atoms with Crippen LogP contribution in [0.4, 0.5) is 4.79 Å². The molecule has 0 spiro atoms. The lowest BCUT2D eigenvalue weighted by Crippen LogP contribution is -2.49. The number of hydrogen-bond acceptors (Lipinski definition) is 6. The fourth-order valence-corrected chi connectivity index (χ4v) is 1.67. The van der Waals surface area contributed by atoms with E-state index in [1.807, 2.05) is 0 Å². The van der Waals surface area contributed by atoms with Crippen molar-refractivity contribution in [1.82, 2.24) is 10.6 Å². The molecule has 0 bridgehead atoms. The van der Waals surface area contributed by atoms with Crippen molar-refractivity contribution in [2.75, 3.05) is 0 Å². The molecule has 24 heavy (non-hydrogen) atoms. The number of aliphatic carboxylic acids is 2. The summed E-state index contributed by atoms with van der Waals surface area (Å²) >= 11 is 0. The Balaban J connectivity index is 4.57. The first-order valence-corrected chi connectivity index (χ1v) is 7.30. The number of urea groups is 1. The second kappa shape index (κ2) is 11.0. The molecule has 0 aliphatic rings. The summed E-state index contributed by atoms with van der Waals surface area (Å²) in [6.45, 7) is 3.41. The summed E-state index contributed by atoms with van der Waals surface area (Å²) in [5, 5.41) is 21.9. The highest BCUT2D eigenvalue weighted by Crippen LogP contribution is 2.06. The van der Waals surface area contributed by atoms with Gasteiger partial charge in [0.15, 0.2) is 6.23 Å². The number of carboxylic acid groups (broad SMARTS) is 2. The lowest BCUT2D eigenvalue weighted by molar-refractivity contribution is -0.141. The third-order valence-electron chi connectivity index (χ3n) is 3.06. The highest BCUT2D eigenvalue weighted by molar-refractivity contribution is 5.84. The second-order valence-corrected chi connectivity index (χ2v) is 5.32. The Morgan fingerprint density at radius 1 is 1.04 bits per heavy atom. The fraction of sp³-hybridized carbons (Fsp3) is 0.643. The van der Waals surface area contributed by atoms with Gasteiger partial charge in [0, 0.05) is 18.8 Å². The summed E-state index contributed by atoms with van der Waals surface area (Å²) in [5.74, 6) is -2.84. The van der Waals surface area contributed by atoms with Crippen LogP contribution < -0.4 is 10.6 Å². The first-order valence-electron chi connectivity index (χ1n) is 7.30. The number of ketones is 1. The van der Waals surface area contributed by atoms with Crippen molar-refractivity contribution in [2.45, 2.75) is 51.8 Å². The molecule has 2 amide bonds. The molecule has 0 heterocycles. The molecule has 10 heteroatoms. The van der Waals surface area contributed by atoms with Gasteiger partial charge in [-0.15, -0.1) is 0 Å². The van der Waals surface area contributed by atoms with Gasteiger partial charge in [-0.3, -0.25) is 14.4 Å². The average Bonchev–Trinajstić information content (AvgIpc) is 2.48. The maximum atomic E-state index is 11.8. The number of carbonyl (C=O) groups excluding carboxylic acids is 3. The molecular formula is C14H22N2O8. The Bertz CT molecular complexity index is 477. The van der Waals surface area contributed by atoms with Crippen molar-refractivity contribution in [2.24, 2.45) is 5.92 Å². The van der Waals surface area contributed by atoms with Crippen LogP contribution in [-0.2, 0) is 23.9 Å². The van der Waals surface area contributed by atoms with Gasteiger partial charge in [-0.1, -0.05) is 13.8 Å². The number of carboxylic acids is 2. The van der Waals surface area contributed by atoms with E-state index in [0.29, 0.717) is 0 Å². The van der Waals surface area contributed by atoms with Gasteiger partial charge in [0.05, 0.1) is 6.42 Å². The van der Waals surface area contributed by atoms with Crippen LogP contribution in [0.3, 0.4) is 0 Å². The van der Waals surface area contributed by atoms with Crippen LogP contribution in [0.2, 0.25) is 0 Å². The number of nitrogens with one attached hydrogen (secondary N) is 2. The third-order valence-corrected chi connectivity index (χ3v) is 3.06. The van der Waals surface area contributed by atoms with E-state index in [9.17, 15) is 24.0 Å². The number of amides is 2. The first-order chi connectivity index (χ1) is 11.2. The molecule has 136 valence electrons. The van der Waals surface area contributed by atoms with Crippen LogP contribution >= 0.6 is 0 Å². The number of Topliss-reactive ketones (excluding diaryl/α,β-unsaturated/α-hetero) is 1. The summed E-state index contributed by atoms with van der Waals surface area (Å²) in [5.41, 5.74) is 0. The predicted octanol–water partition coefficient (Wildman–Crippen LogP) is 0.108. The smallest absolute Gasteiger partial charge is 0.326 e. The van der Waals surface area contributed by atoms with E-state index in [2.05, 4.69) is 15.4 Å². The average molecular weight is 346 g/mol. The van der Waals surface area contributed by atoms with Crippen molar-refractivity contribution in [3.63, 3.8) is 0 Å². The number of ether oxygens (including phenoxy) is 1. The Morgan fingerprint density at radius 2 is 1.67 bits per heavy atom. The van der Waals surface area contributed by atoms with Gasteiger partial charge in [0.1, 0.15) is 11.8 Å². The summed E-state index contributed by atoms with van der Waals surface area (Å²) < 4.78 is 4.52. The van der Waals surface area contributed by atoms with E-state index < -0.39 is 30.2 Å². The molecule has 0 fully saturated rings. The van der Waals surface area contributed by atoms with Crippen LogP contribution in [-0.4, -0.2) is 52.7 Å². The Kier molecular flexibility index (Phi) is 9.76. The molecule has 0 saturated heterocycles. The molecule has 0 unspecified atom stereocenters. The SMILES string of the molecule is CC(C)C(=O)CC[C@H](NC(=O)N[C@@H](CCC(=O)O)OC=O)C(=O)O. The van der Waals surface area contributed by atoms with Crippen molar-refractivity contribution in [3.05, 3.63) is 0 Å². The molecule has 0 saturated carbocycles. The van der Waals surface area contributed by atoms with Gasteiger partial charge in [0.25, 0.3) is 6.47 Å². The first kappa shape index (κ1) is 21.4. The van der Waals surface area contributed by atoms with Gasteiger partial charge in [-0.2, -0.15) is 0 Å². The minimum Gasteiger partial charge on any atom is -0.481 e. The monoisotopic (exact) mass is 346 g/mol. The summed E-state index contributed by atoms with van der Waals surface area (Å²) in [6, 6.07) is -2.25. The minimum atomic E-state index is -1.32. The molecule has 0 radical (unpaired) electrons. The normalized spacial score (nSPS) is 12.8. The van der Waals surface area contributed by atoms with Gasteiger partial charge in [0.2, 0.25) is 0 Å². The summed E-state index contributed by atoms with van der Waals surface area (Å²) in [7, 11) is 0. The molecule has 0 aliphatic carbocycles. The highest BCUT2D eigenvalue weighted by Gasteiger charge is 2.23. The van der Waals surface area contributed by atoms with E-state index in [0.717, 1.165) is 0 Å². The zero-order chi connectivity index (χ0) is 18.7. The number of rotatable bonds is 12. The molecule has 4 N–H and O–H groups in total. The van der Waals surface area contributed by atoms with E-state index >= 15 is 0 Å². The Labute approximate surface area is 138 Å². The molecule has 0 aromatic heterocycles. The fourth-order valence-electron chi connectivity index (χ4n) is 1.67. The van der Waals surface area contributed by atoms with Crippen LogP contribution in [0.5, 0.6) is 0 Å². The summed E-state index contributed by atoms with van der Waals surface area (Å²) in [4.78, 5) is 55.2.